The van der Waals surface area contributed by atoms with Crippen LogP contribution in [0.3, 0.4) is 0 Å². The third kappa shape index (κ3) is 3.91. The van der Waals surface area contributed by atoms with Crippen molar-refractivity contribution in [3.63, 3.8) is 0 Å². The first kappa shape index (κ1) is 16.8. The zero-order valence-corrected chi connectivity index (χ0v) is 14.0. The molecule has 0 fully saturated rings. The van der Waals surface area contributed by atoms with Crippen molar-refractivity contribution in [1.82, 2.24) is 0 Å². The molecule has 1 aliphatic heterocycles. The van der Waals surface area contributed by atoms with E-state index in [1.54, 1.807) is 32.2 Å². The summed E-state index contributed by atoms with van der Waals surface area (Å²) in [7, 11) is 1.55. The summed E-state index contributed by atoms with van der Waals surface area (Å²) in [5.74, 6) is 1.04. The predicted octanol–water partition coefficient (Wildman–Crippen LogP) is 3.57. The molecule has 2 aromatic carbocycles. The van der Waals surface area contributed by atoms with Gasteiger partial charge >= 0.3 is 0 Å². The van der Waals surface area contributed by atoms with Crippen molar-refractivity contribution in [1.29, 1.82) is 0 Å². The Morgan fingerprint density at radius 1 is 1.24 bits per heavy atom. The number of hydrogen-bond acceptors (Lipinski definition) is 4. The van der Waals surface area contributed by atoms with E-state index in [-0.39, 0.29) is 11.7 Å². The largest absolute Gasteiger partial charge is 0.493 e. The van der Waals surface area contributed by atoms with Gasteiger partial charge in [-0.05, 0) is 54.5 Å². The standard InChI is InChI=1S/C19H18FNO4/c1-12-9-14(20)4-5-15(12)21-18(22)6-3-13-10-16(23-2)19-17(11-13)24-7-8-25-19/h3-6,9-11H,7-8H2,1-2H3,(H,21,22). The molecule has 0 saturated heterocycles. The van der Waals surface area contributed by atoms with Gasteiger partial charge in [0.2, 0.25) is 11.7 Å². The van der Waals surface area contributed by atoms with E-state index < -0.39 is 0 Å². The number of aryl methyl sites for hydroxylation is 1. The molecule has 1 N–H and O–H groups in total. The summed E-state index contributed by atoms with van der Waals surface area (Å²) in [5, 5.41) is 2.72. The molecule has 130 valence electrons. The summed E-state index contributed by atoms with van der Waals surface area (Å²) in [6, 6.07) is 7.75. The number of benzene rings is 2. The molecule has 1 aliphatic rings. The molecule has 5 nitrogen and oxygen atoms in total. The monoisotopic (exact) mass is 343 g/mol. The van der Waals surface area contributed by atoms with Crippen molar-refractivity contribution in [2.75, 3.05) is 25.6 Å². The summed E-state index contributed by atoms with van der Waals surface area (Å²) < 4.78 is 29.5. The molecule has 25 heavy (non-hydrogen) atoms. The predicted molar refractivity (Wildman–Crippen MR) is 92.8 cm³/mol. The van der Waals surface area contributed by atoms with Gasteiger partial charge in [-0.15, -0.1) is 0 Å². The molecule has 0 aliphatic carbocycles. The van der Waals surface area contributed by atoms with Gasteiger partial charge in [-0.2, -0.15) is 0 Å². The molecule has 1 heterocycles. The van der Waals surface area contributed by atoms with E-state index in [9.17, 15) is 9.18 Å². The van der Waals surface area contributed by atoms with Crippen LogP contribution >= 0.6 is 0 Å². The minimum Gasteiger partial charge on any atom is -0.493 e. The lowest BCUT2D eigenvalue weighted by Crippen LogP contribution is -2.16. The maximum atomic E-state index is 13.1. The van der Waals surface area contributed by atoms with E-state index in [4.69, 9.17) is 14.2 Å². The van der Waals surface area contributed by atoms with Gasteiger partial charge in [0.05, 0.1) is 7.11 Å². The number of rotatable bonds is 4. The normalized spacial score (nSPS) is 12.9. The number of nitrogens with one attached hydrogen (secondary N) is 1. The number of ether oxygens (including phenoxy) is 3. The lowest BCUT2D eigenvalue weighted by molar-refractivity contribution is -0.111. The molecule has 0 spiro atoms. The van der Waals surface area contributed by atoms with E-state index in [0.717, 1.165) is 5.56 Å². The van der Waals surface area contributed by atoms with Gasteiger partial charge in [-0.25, -0.2) is 4.39 Å². The van der Waals surface area contributed by atoms with Crippen molar-refractivity contribution in [3.8, 4) is 17.2 Å². The highest BCUT2D eigenvalue weighted by molar-refractivity contribution is 6.02. The van der Waals surface area contributed by atoms with Crippen LogP contribution in [-0.2, 0) is 4.79 Å². The van der Waals surface area contributed by atoms with Crippen molar-refractivity contribution < 1.29 is 23.4 Å². The number of hydrogen-bond donors (Lipinski definition) is 1. The maximum Gasteiger partial charge on any atom is 0.248 e. The second-order valence-corrected chi connectivity index (χ2v) is 5.53. The fourth-order valence-electron chi connectivity index (χ4n) is 2.50. The summed E-state index contributed by atoms with van der Waals surface area (Å²) in [4.78, 5) is 12.1. The van der Waals surface area contributed by atoms with Crippen LogP contribution in [0.4, 0.5) is 10.1 Å². The van der Waals surface area contributed by atoms with E-state index in [0.29, 0.717) is 41.7 Å². The molecule has 2 aromatic rings. The van der Waals surface area contributed by atoms with Crippen LogP contribution in [0.15, 0.2) is 36.4 Å². The summed E-state index contributed by atoms with van der Waals surface area (Å²) >= 11 is 0. The number of halogens is 1. The van der Waals surface area contributed by atoms with Gasteiger partial charge in [0, 0.05) is 11.8 Å². The van der Waals surface area contributed by atoms with E-state index in [2.05, 4.69) is 5.32 Å². The molecule has 6 heteroatoms. The van der Waals surface area contributed by atoms with Gasteiger partial charge in [-0.3, -0.25) is 4.79 Å². The molecule has 0 radical (unpaired) electrons. The lowest BCUT2D eigenvalue weighted by atomic mass is 10.1. The van der Waals surface area contributed by atoms with E-state index in [1.807, 2.05) is 0 Å². The van der Waals surface area contributed by atoms with E-state index >= 15 is 0 Å². The number of methoxy groups -OCH3 is 1. The lowest BCUT2D eigenvalue weighted by Gasteiger charge is -2.20. The highest BCUT2D eigenvalue weighted by Crippen LogP contribution is 2.40. The number of amides is 1. The van der Waals surface area contributed by atoms with Gasteiger partial charge < -0.3 is 19.5 Å². The fraction of sp³-hybridized carbons (Fsp3) is 0.211. The summed E-state index contributed by atoms with van der Waals surface area (Å²) in [5.41, 5.74) is 1.96. The zero-order valence-electron chi connectivity index (χ0n) is 14.0. The molecule has 0 bridgehead atoms. The van der Waals surface area contributed by atoms with E-state index in [1.165, 1.54) is 24.3 Å². The first-order valence-corrected chi connectivity index (χ1v) is 7.79. The van der Waals surface area contributed by atoms with Gasteiger partial charge in [-0.1, -0.05) is 0 Å². The number of anilines is 1. The first-order valence-electron chi connectivity index (χ1n) is 7.79. The Kier molecular flexibility index (Phi) is 4.88. The second-order valence-electron chi connectivity index (χ2n) is 5.53. The number of carbonyl (C=O) groups excluding carboxylic acids is 1. The van der Waals surface area contributed by atoms with Crippen molar-refractivity contribution in [3.05, 3.63) is 53.4 Å². The highest BCUT2D eigenvalue weighted by Gasteiger charge is 2.17. The van der Waals surface area contributed by atoms with Crippen molar-refractivity contribution >= 4 is 17.7 Å². The molecular weight excluding hydrogens is 325 g/mol. The Morgan fingerprint density at radius 3 is 2.80 bits per heavy atom. The maximum absolute atomic E-state index is 13.1. The molecule has 3 rings (SSSR count). The van der Waals surface area contributed by atoms with Crippen LogP contribution in [0.5, 0.6) is 17.2 Å². The number of fused-ring (bicyclic) bond motifs is 1. The Hall–Kier alpha value is -3.02. The second kappa shape index (κ2) is 7.25. The van der Waals surface area contributed by atoms with Crippen LogP contribution in [0.25, 0.3) is 6.08 Å². The Balaban J connectivity index is 1.76. The molecular formula is C19H18FNO4. The van der Waals surface area contributed by atoms with Gasteiger partial charge in [0.15, 0.2) is 11.5 Å². The smallest absolute Gasteiger partial charge is 0.248 e. The average Bonchev–Trinajstić information content (AvgIpc) is 2.61. The van der Waals surface area contributed by atoms with Crippen LogP contribution in [-0.4, -0.2) is 26.2 Å². The average molecular weight is 343 g/mol. The Morgan fingerprint density at radius 2 is 2.04 bits per heavy atom. The van der Waals surface area contributed by atoms with Gasteiger partial charge in [0.25, 0.3) is 0 Å². The summed E-state index contributed by atoms with van der Waals surface area (Å²) in [6.07, 6.45) is 3.04. The van der Waals surface area contributed by atoms with Crippen LogP contribution in [0.1, 0.15) is 11.1 Å². The van der Waals surface area contributed by atoms with Gasteiger partial charge in [0.1, 0.15) is 19.0 Å². The zero-order chi connectivity index (χ0) is 17.8. The molecule has 0 unspecified atom stereocenters. The highest BCUT2D eigenvalue weighted by atomic mass is 19.1. The third-order valence-corrected chi connectivity index (χ3v) is 3.72. The molecule has 0 atom stereocenters. The van der Waals surface area contributed by atoms with Crippen molar-refractivity contribution in [2.24, 2.45) is 0 Å². The SMILES string of the molecule is COc1cc(C=CC(=O)Nc2ccc(F)cc2C)cc2c1OCCO2. The van der Waals surface area contributed by atoms with Crippen molar-refractivity contribution in [2.45, 2.75) is 6.92 Å². The number of carbonyl (C=O) groups is 1. The van der Waals surface area contributed by atoms with Crippen LogP contribution in [0, 0.1) is 12.7 Å². The van der Waals surface area contributed by atoms with Crippen LogP contribution in [0.2, 0.25) is 0 Å². The minimum absolute atomic E-state index is 0.316. The minimum atomic E-state index is -0.339. The molecule has 0 saturated carbocycles. The Labute approximate surface area is 145 Å². The molecule has 1 amide bonds. The third-order valence-electron chi connectivity index (χ3n) is 3.72. The molecule has 0 aromatic heterocycles. The Bertz CT molecular complexity index is 815. The quantitative estimate of drug-likeness (QED) is 0.863. The first-order chi connectivity index (χ1) is 12.1. The fourth-order valence-corrected chi connectivity index (χ4v) is 2.50. The topological polar surface area (TPSA) is 56.8 Å². The summed E-state index contributed by atoms with van der Waals surface area (Å²) in [6.45, 7) is 2.67. The van der Waals surface area contributed by atoms with Crippen LogP contribution < -0.4 is 19.5 Å².